The molecule has 4 aromatic carbocycles. The first-order valence-electron chi connectivity index (χ1n) is 11.3. The van der Waals surface area contributed by atoms with Gasteiger partial charge >= 0.3 is 0 Å². The Morgan fingerprint density at radius 1 is 0.892 bits per heavy atom. The fraction of sp³-hybridized carbons (Fsp3) is 0.107. The van der Waals surface area contributed by atoms with Gasteiger partial charge in [0.05, 0.1) is 15.6 Å². The van der Waals surface area contributed by atoms with Crippen molar-refractivity contribution in [2.24, 2.45) is 0 Å². The maximum atomic E-state index is 13.5. The van der Waals surface area contributed by atoms with E-state index in [1.54, 1.807) is 30.0 Å². The first-order chi connectivity index (χ1) is 17.7. The molecule has 0 saturated heterocycles. The average molecular weight is 572 g/mol. The molecule has 0 aliphatic carbocycles. The number of anilines is 2. The molecule has 5 nitrogen and oxygen atoms in total. The summed E-state index contributed by atoms with van der Waals surface area (Å²) in [6.07, 6.45) is 0. The van der Waals surface area contributed by atoms with E-state index in [4.69, 9.17) is 23.2 Å². The van der Waals surface area contributed by atoms with Crippen LogP contribution in [0.3, 0.4) is 0 Å². The molecule has 0 heterocycles. The number of carbonyl (C=O) groups is 1. The van der Waals surface area contributed by atoms with E-state index in [2.05, 4.69) is 17.4 Å². The average Bonchev–Trinajstić information content (AvgIpc) is 2.89. The number of hydrogen-bond donors (Lipinski definition) is 1. The van der Waals surface area contributed by atoms with E-state index in [1.807, 2.05) is 43.3 Å². The van der Waals surface area contributed by atoms with Crippen molar-refractivity contribution >= 4 is 62.3 Å². The number of nitrogens with zero attached hydrogens (tertiary/aromatic N) is 1. The summed E-state index contributed by atoms with van der Waals surface area (Å²) < 4.78 is 28.0. The van der Waals surface area contributed by atoms with E-state index < -0.39 is 22.5 Å². The molecule has 4 aromatic rings. The molecule has 1 N–H and O–H groups in total. The Bertz CT molecular complexity index is 1500. The minimum atomic E-state index is -4.09. The van der Waals surface area contributed by atoms with Crippen LogP contribution in [0, 0.1) is 6.92 Å². The molecule has 0 atom stereocenters. The van der Waals surface area contributed by atoms with Crippen molar-refractivity contribution in [1.29, 1.82) is 0 Å². The first kappa shape index (κ1) is 27.1. The molecule has 190 valence electrons. The lowest BCUT2D eigenvalue weighted by Gasteiger charge is -2.25. The van der Waals surface area contributed by atoms with E-state index in [1.165, 1.54) is 35.2 Å². The maximum Gasteiger partial charge on any atom is 0.264 e. The zero-order chi connectivity index (χ0) is 26.4. The van der Waals surface area contributed by atoms with E-state index >= 15 is 0 Å². The highest BCUT2D eigenvalue weighted by molar-refractivity contribution is 7.98. The molecule has 0 unspecified atom stereocenters. The van der Waals surface area contributed by atoms with Gasteiger partial charge in [-0.3, -0.25) is 9.10 Å². The predicted molar refractivity (Wildman–Crippen MR) is 153 cm³/mol. The second kappa shape index (κ2) is 12.0. The van der Waals surface area contributed by atoms with E-state index in [0.717, 1.165) is 21.2 Å². The SMILES string of the molecule is Cc1cc(CSc2ccccc2)ccc1NC(=O)CN(c1ccc(Cl)cc1Cl)S(=O)(=O)c1ccccc1. The minimum absolute atomic E-state index is 0.0465. The van der Waals surface area contributed by atoms with Gasteiger partial charge in [-0.15, -0.1) is 11.8 Å². The lowest BCUT2D eigenvalue weighted by atomic mass is 10.1. The number of halogens is 2. The van der Waals surface area contributed by atoms with Gasteiger partial charge in [0, 0.05) is 21.4 Å². The highest BCUT2D eigenvalue weighted by atomic mass is 35.5. The van der Waals surface area contributed by atoms with Crippen LogP contribution in [-0.2, 0) is 20.6 Å². The zero-order valence-corrected chi connectivity index (χ0v) is 23.0. The van der Waals surface area contributed by atoms with Gasteiger partial charge in [-0.25, -0.2) is 8.42 Å². The molecule has 0 fully saturated rings. The number of hydrogen-bond acceptors (Lipinski definition) is 4. The van der Waals surface area contributed by atoms with E-state index in [9.17, 15) is 13.2 Å². The van der Waals surface area contributed by atoms with Crippen molar-refractivity contribution in [2.75, 3.05) is 16.2 Å². The minimum Gasteiger partial charge on any atom is -0.324 e. The van der Waals surface area contributed by atoms with Crippen LogP contribution in [0.4, 0.5) is 11.4 Å². The number of nitrogens with one attached hydrogen (secondary N) is 1. The molecule has 1 amide bonds. The number of aryl methyl sites for hydroxylation is 1. The molecule has 0 aromatic heterocycles. The highest BCUT2D eigenvalue weighted by Crippen LogP contribution is 2.33. The predicted octanol–water partition coefficient (Wildman–Crippen LogP) is 7.43. The number of sulfonamides is 1. The van der Waals surface area contributed by atoms with Crippen LogP contribution in [0.5, 0.6) is 0 Å². The van der Waals surface area contributed by atoms with Gasteiger partial charge in [-0.2, -0.15) is 0 Å². The number of benzene rings is 4. The molecule has 9 heteroatoms. The Hall–Kier alpha value is -2.97. The summed E-state index contributed by atoms with van der Waals surface area (Å²) in [6.45, 7) is 1.43. The molecule has 0 radical (unpaired) electrons. The van der Waals surface area contributed by atoms with Crippen LogP contribution in [0.25, 0.3) is 0 Å². The van der Waals surface area contributed by atoms with Gasteiger partial charge in [0.25, 0.3) is 10.0 Å². The Labute approximate surface area is 231 Å². The molecule has 0 bridgehead atoms. The Balaban J connectivity index is 1.53. The summed E-state index contributed by atoms with van der Waals surface area (Å²) in [7, 11) is -4.09. The Morgan fingerprint density at radius 2 is 1.57 bits per heavy atom. The second-order valence-corrected chi connectivity index (χ2v) is 12.0. The number of amides is 1. The third-order valence-electron chi connectivity index (χ3n) is 5.51. The second-order valence-electron chi connectivity index (χ2n) is 8.22. The lowest BCUT2D eigenvalue weighted by molar-refractivity contribution is -0.114. The van der Waals surface area contributed by atoms with Crippen molar-refractivity contribution in [1.82, 2.24) is 0 Å². The van der Waals surface area contributed by atoms with Crippen molar-refractivity contribution in [3.8, 4) is 0 Å². The van der Waals surface area contributed by atoms with Gasteiger partial charge in [0.2, 0.25) is 5.91 Å². The fourth-order valence-electron chi connectivity index (χ4n) is 3.66. The standard InChI is InChI=1S/C28H24Cl2N2O3S2/c1-20-16-21(19-36-23-8-4-2-5-9-23)12-14-26(20)31-28(33)18-32(27-15-13-22(29)17-25(27)30)37(34,35)24-10-6-3-7-11-24/h2-17H,18-19H2,1H3,(H,31,33). The number of rotatable bonds is 9. The quantitative estimate of drug-likeness (QED) is 0.212. The lowest BCUT2D eigenvalue weighted by Crippen LogP contribution is -2.38. The highest BCUT2D eigenvalue weighted by Gasteiger charge is 2.29. The van der Waals surface area contributed by atoms with E-state index in [-0.39, 0.29) is 15.6 Å². The fourth-order valence-corrected chi connectivity index (χ4v) is 6.55. The number of thioether (sulfide) groups is 1. The van der Waals surface area contributed by atoms with Crippen LogP contribution in [-0.4, -0.2) is 20.9 Å². The summed E-state index contributed by atoms with van der Waals surface area (Å²) in [5.74, 6) is 0.289. The summed E-state index contributed by atoms with van der Waals surface area (Å²) in [5, 5.41) is 3.32. The van der Waals surface area contributed by atoms with Gasteiger partial charge in [0.15, 0.2) is 0 Å². The molecule has 0 aliphatic rings. The third kappa shape index (κ3) is 6.87. The number of carbonyl (C=O) groups excluding carboxylic acids is 1. The van der Waals surface area contributed by atoms with Crippen molar-refractivity contribution in [2.45, 2.75) is 22.5 Å². The van der Waals surface area contributed by atoms with E-state index in [0.29, 0.717) is 10.7 Å². The third-order valence-corrected chi connectivity index (χ3v) is 8.91. The van der Waals surface area contributed by atoms with Crippen LogP contribution in [0.2, 0.25) is 10.0 Å². The molecule has 0 spiro atoms. The molecular weight excluding hydrogens is 547 g/mol. The van der Waals surface area contributed by atoms with Crippen molar-refractivity contribution < 1.29 is 13.2 Å². The largest absolute Gasteiger partial charge is 0.324 e. The first-order valence-corrected chi connectivity index (χ1v) is 14.5. The van der Waals surface area contributed by atoms with Crippen LogP contribution >= 0.6 is 35.0 Å². The summed E-state index contributed by atoms with van der Waals surface area (Å²) in [4.78, 5) is 14.3. The molecular formula is C28H24Cl2N2O3S2. The van der Waals surface area contributed by atoms with Crippen LogP contribution < -0.4 is 9.62 Å². The van der Waals surface area contributed by atoms with Crippen LogP contribution in [0.15, 0.2) is 107 Å². The van der Waals surface area contributed by atoms with Gasteiger partial charge in [-0.05, 0) is 66.6 Å². The normalized spacial score (nSPS) is 11.2. The molecule has 37 heavy (non-hydrogen) atoms. The Kier molecular flexibility index (Phi) is 8.82. The molecule has 4 rings (SSSR count). The van der Waals surface area contributed by atoms with Gasteiger partial charge in [0.1, 0.15) is 6.54 Å². The monoisotopic (exact) mass is 570 g/mol. The van der Waals surface area contributed by atoms with Crippen molar-refractivity contribution in [3.63, 3.8) is 0 Å². The smallest absolute Gasteiger partial charge is 0.264 e. The molecule has 0 aliphatic heterocycles. The zero-order valence-electron chi connectivity index (χ0n) is 19.9. The maximum absolute atomic E-state index is 13.5. The van der Waals surface area contributed by atoms with Crippen LogP contribution in [0.1, 0.15) is 11.1 Å². The topological polar surface area (TPSA) is 66.5 Å². The summed E-state index contributed by atoms with van der Waals surface area (Å²) >= 11 is 14.1. The Morgan fingerprint density at radius 3 is 2.22 bits per heavy atom. The summed E-state index contributed by atoms with van der Waals surface area (Å²) in [6, 6.07) is 28.3. The molecule has 0 saturated carbocycles. The van der Waals surface area contributed by atoms with Gasteiger partial charge < -0.3 is 5.32 Å². The van der Waals surface area contributed by atoms with Crippen molar-refractivity contribution in [3.05, 3.63) is 118 Å². The van der Waals surface area contributed by atoms with Gasteiger partial charge in [-0.1, -0.05) is 71.7 Å². The summed E-state index contributed by atoms with van der Waals surface area (Å²) in [5.41, 5.74) is 2.76.